The fraction of sp³-hybridized carbons (Fsp3) is 0.679. The number of carbonyl (C=O) groups is 10. The molecule has 0 saturated carbocycles. The fourth-order valence-electron chi connectivity index (χ4n) is 8.11. The first-order chi connectivity index (χ1) is 37.3. The number of aliphatic imine (C=N–C) groups is 1. The molecule has 0 radical (unpaired) electrons. The van der Waals surface area contributed by atoms with E-state index >= 15 is 0 Å². The van der Waals surface area contributed by atoms with E-state index in [4.69, 9.17) is 28.7 Å². The third-order valence-corrected chi connectivity index (χ3v) is 13.7. The molecule has 0 unspecified atom stereocenters. The lowest BCUT2D eigenvalue weighted by Gasteiger charge is -2.29. The number of rotatable bonds is 39. The Morgan fingerprint density at radius 2 is 0.937 bits per heavy atom. The lowest BCUT2D eigenvalue weighted by atomic mass is 9.98. The first kappa shape index (κ1) is 70.5. The van der Waals surface area contributed by atoms with Crippen molar-refractivity contribution in [2.45, 2.75) is 180 Å². The highest BCUT2D eigenvalue weighted by Gasteiger charge is 2.36. The largest absolute Gasteiger partial charge is 0.370 e. The molecule has 0 spiro atoms. The molecular formula is C53H93N15O10S. The Balaban J connectivity index is 3.52. The fourth-order valence-corrected chi connectivity index (χ4v) is 8.58. The Labute approximate surface area is 470 Å². The zero-order chi connectivity index (χ0) is 59.8. The third-order valence-electron chi connectivity index (χ3n) is 13.0. The summed E-state index contributed by atoms with van der Waals surface area (Å²) in [6.07, 6.45) is 5.00. The van der Waals surface area contributed by atoms with Crippen molar-refractivity contribution in [1.82, 2.24) is 47.9 Å². The summed E-state index contributed by atoms with van der Waals surface area (Å²) in [6, 6.07) is -1.66. The van der Waals surface area contributed by atoms with E-state index in [1.54, 1.807) is 65.0 Å². The molecule has 0 aliphatic rings. The predicted molar refractivity (Wildman–Crippen MR) is 306 cm³/mol. The Morgan fingerprint density at radius 1 is 0.506 bits per heavy atom. The smallest absolute Gasteiger partial charge is 0.243 e. The average Bonchev–Trinajstić information content (AvgIpc) is 3.39. The predicted octanol–water partition coefficient (Wildman–Crippen LogP) is -1.46. The highest BCUT2D eigenvalue weighted by molar-refractivity contribution is 7.98. The lowest BCUT2D eigenvalue weighted by Crippen LogP contribution is -2.61. The Morgan fingerprint density at radius 3 is 1.41 bits per heavy atom. The monoisotopic (exact) mass is 1130 g/mol. The van der Waals surface area contributed by atoms with Crippen LogP contribution in [0.1, 0.15) is 125 Å². The number of unbranched alkanes of at least 4 members (excludes halogenated alkanes) is 2. The van der Waals surface area contributed by atoms with Crippen molar-refractivity contribution in [3.05, 3.63) is 35.9 Å². The van der Waals surface area contributed by atoms with Crippen molar-refractivity contribution in [2.24, 2.45) is 51.4 Å². The highest BCUT2D eigenvalue weighted by atomic mass is 32.2. The van der Waals surface area contributed by atoms with Crippen molar-refractivity contribution in [1.29, 1.82) is 0 Å². The Kier molecular flexibility index (Phi) is 34.0. The topological polar surface area (TPSA) is 421 Å². The van der Waals surface area contributed by atoms with Gasteiger partial charge in [-0.25, -0.2) is 0 Å². The second-order valence-electron chi connectivity index (χ2n) is 20.5. The molecule has 0 saturated heterocycles. The van der Waals surface area contributed by atoms with Gasteiger partial charge < -0.3 is 76.5 Å². The molecule has 10 atom stereocenters. The molecule has 0 aliphatic carbocycles. The van der Waals surface area contributed by atoms with Crippen LogP contribution in [0.3, 0.4) is 0 Å². The van der Waals surface area contributed by atoms with Crippen LogP contribution >= 0.6 is 11.8 Å². The minimum Gasteiger partial charge on any atom is -0.370 e. The minimum absolute atomic E-state index is 0.0301. The number of nitrogens with one attached hydrogen (secondary N) is 9. The first-order valence-electron chi connectivity index (χ1n) is 27.3. The van der Waals surface area contributed by atoms with Crippen LogP contribution in [0.25, 0.3) is 0 Å². The molecule has 0 heterocycles. The van der Waals surface area contributed by atoms with Gasteiger partial charge in [0, 0.05) is 19.9 Å². The van der Waals surface area contributed by atoms with Crippen LogP contribution < -0.4 is 76.5 Å². The summed E-state index contributed by atoms with van der Waals surface area (Å²) >= 11 is 1.40. The maximum Gasteiger partial charge on any atom is 0.243 e. The molecule has 1 aromatic carbocycles. The molecular weight excluding hydrogens is 1040 g/mol. The standard InChI is InChI=1S/C53H93N15O10S/c1-10-32(6)43(61-34(8)69)52(78)60-33(7)45(71)67-41(30(2)3)51(77)66-40(29-35-19-12-11-13-20-35)49(75)63-37(22-15-17-26-55)47(73)64-39(24-28-79-9)48(74)68-42(31(4)5)50(76)65-38(23-18-27-59-53(57)58)46(72)62-36(44(56)70)21-14-16-25-54/h11-13,19-20,30-33,36-43H,10,14-18,21-29,54-55H2,1-9H3,(H2,56,70)(H,60,78)(H,61,69)(H,62,72)(H,63,75)(H,64,73)(H,65,76)(H,66,77)(H,67,71)(H,68,74)(H4,57,58,59)/t32-,33-,36-,37-,38-,39-,40-,41-,42-,43-/m0/s1. The first-order valence-corrected chi connectivity index (χ1v) is 28.7. The van der Waals surface area contributed by atoms with Crippen LogP contribution in [-0.4, -0.2) is 151 Å². The molecule has 0 bridgehead atoms. The number of primary amides is 1. The lowest BCUT2D eigenvalue weighted by molar-refractivity contribution is -0.136. The normalized spacial score (nSPS) is 14.9. The van der Waals surface area contributed by atoms with E-state index in [0.29, 0.717) is 50.0 Å². The van der Waals surface area contributed by atoms with E-state index in [1.165, 1.54) is 25.6 Å². The summed E-state index contributed by atoms with van der Waals surface area (Å²) in [5.74, 6) is -7.88. The zero-order valence-corrected chi connectivity index (χ0v) is 48.6. The van der Waals surface area contributed by atoms with Gasteiger partial charge in [0.15, 0.2) is 5.96 Å². The summed E-state index contributed by atoms with van der Waals surface area (Å²) < 4.78 is 0. The van der Waals surface area contributed by atoms with Crippen LogP contribution in [0, 0.1) is 17.8 Å². The molecule has 26 heteroatoms. The number of thioether (sulfide) groups is 1. The van der Waals surface area contributed by atoms with Crippen molar-refractivity contribution < 1.29 is 47.9 Å². The SMILES string of the molecule is CC[C@H](C)[C@H](NC(C)=O)C(=O)N[C@@H](C)C(=O)N[C@H](C(=O)N[C@@H](Cc1ccccc1)C(=O)N[C@@H](CCCCN)C(=O)N[C@@H](CCSC)C(=O)N[C@H](C(=O)N[C@@H](CCCN=C(N)N)C(=O)N[C@@H](CCCCN)C(N)=O)C(C)C)C(C)C. The summed E-state index contributed by atoms with van der Waals surface area (Å²) in [7, 11) is 0. The van der Waals surface area contributed by atoms with E-state index < -0.39 is 125 Å². The maximum atomic E-state index is 14.5. The third kappa shape index (κ3) is 27.3. The van der Waals surface area contributed by atoms with Gasteiger partial charge in [-0.15, -0.1) is 0 Å². The van der Waals surface area contributed by atoms with Gasteiger partial charge in [-0.3, -0.25) is 52.9 Å². The second-order valence-corrected chi connectivity index (χ2v) is 21.4. The van der Waals surface area contributed by atoms with Crippen LogP contribution in [0.5, 0.6) is 0 Å². The van der Waals surface area contributed by atoms with Gasteiger partial charge in [-0.1, -0.05) is 78.3 Å². The van der Waals surface area contributed by atoms with Gasteiger partial charge in [0.1, 0.15) is 54.4 Å². The molecule has 446 valence electrons. The van der Waals surface area contributed by atoms with Gasteiger partial charge in [-0.05, 0) is 113 Å². The van der Waals surface area contributed by atoms with Crippen LogP contribution in [0.2, 0.25) is 0 Å². The van der Waals surface area contributed by atoms with Crippen LogP contribution in [0.15, 0.2) is 35.3 Å². The molecule has 10 amide bonds. The molecule has 25 nitrogen and oxygen atoms in total. The van der Waals surface area contributed by atoms with Gasteiger partial charge in [-0.2, -0.15) is 11.8 Å². The number of hydrogen-bond donors (Lipinski definition) is 14. The average molecular weight is 1130 g/mol. The number of hydrogen-bond acceptors (Lipinski definition) is 14. The van der Waals surface area contributed by atoms with Gasteiger partial charge in [0.05, 0.1) is 0 Å². The number of benzene rings is 1. The minimum atomic E-state index is -1.29. The summed E-state index contributed by atoms with van der Waals surface area (Å²) in [6.45, 7) is 13.9. The maximum absolute atomic E-state index is 14.5. The molecule has 0 aromatic heterocycles. The molecule has 1 rings (SSSR count). The van der Waals surface area contributed by atoms with Gasteiger partial charge >= 0.3 is 0 Å². The summed E-state index contributed by atoms with van der Waals surface area (Å²) in [5.41, 5.74) is 28.7. The van der Waals surface area contributed by atoms with E-state index in [-0.39, 0.29) is 63.5 Å². The number of amides is 10. The number of guanidine groups is 1. The summed E-state index contributed by atoms with van der Waals surface area (Å²) in [4.78, 5) is 140. The van der Waals surface area contributed by atoms with E-state index in [2.05, 4.69) is 52.8 Å². The van der Waals surface area contributed by atoms with E-state index in [9.17, 15) is 47.9 Å². The van der Waals surface area contributed by atoms with Crippen molar-refractivity contribution in [3.63, 3.8) is 0 Å². The molecule has 19 N–H and O–H groups in total. The quantitative estimate of drug-likeness (QED) is 0.0204. The second kappa shape index (κ2) is 38.1. The number of carbonyl (C=O) groups excluding carboxylic acids is 10. The van der Waals surface area contributed by atoms with Gasteiger partial charge in [0.25, 0.3) is 0 Å². The van der Waals surface area contributed by atoms with Crippen LogP contribution in [0.4, 0.5) is 0 Å². The Hall–Kier alpha value is -6.54. The Bertz CT molecular complexity index is 2150. The molecule has 79 heavy (non-hydrogen) atoms. The van der Waals surface area contributed by atoms with Crippen molar-refractivity contribution in [3.8, 4) is 0 Å². The highest BCUT2D eigenvalue weighted by Crippen LogP contribution is 2.14. The van der Waals surface area contributed by atoms with Crippen molar-refractivity contribution in [2.75, 3.05) is 31.6 Å². The van der Waals surface area contributed by atoms with E-state index in [1.807, 2.05) is 13.2 Å². The van der Waals surface area contributed by atoms with Crippen molar-refractivity contribution >= 4 is 76.8 Å². The zero-order valence-electron chi connectivity index (χ0n) is 47.7. The number of nitrogens with zero attached hydrogens (tertiary/aromatic N) is 1. The molecule has 0 fully saturated rings. The van der Waals surface area contributed by atoms with Gasteiger partial charge in [0.2, 0.25) is 59.1 Å². The number of nitrogens with two attached hydrogens (primary N) is 5. The van der Waals surface area contributed by atoms with Crippen LogP contribution in [-0.2, 0) is 54.4 Å². The summed E-state index contributed by atoms with van der Waals surface area (Å²) in [5, 5.41) is 24.4. The van der Waals surface area contributed by atoms with E-state index in [0.717, 1.165) is 0 Å². The molecule has 0 aliphatic heterocycles. The molecule has 1 aromatic rings.